The lowest BCUT2D eigenvalue weighted by Gasteiger charge is -2.05. The zero-order valence-electron chi connectivity index (χ0n) is 9.26. The molecule has 0 spiro atoms. The second kappa shape index (κ2) is 5.48. The van der Waals surface area contributed by atoms with Gasteiger partial charge in [-0.1, -0.05) is 18.2 Å². The van der Waals surface area contributed by atoms with Crippen molar-refractivity contribution >= 4 is 21.9 Å². The van der Waals surface area contributed by atoms with Crippen molar-refractivity contribution in [1.29, 1.82) is 5.26 Å². The molecule has 0 N–H and O–H groups in total. The molecule has 0 bridgehead atoms. The van der Waals surface area contributed by atoms with Crippen LogP contribution in [0, 0.1) is 11.3 Å². The molecule has 3 nitrogen and oxygen atoms in total. The number of ether oxygens (including phenoxy) is 1. The molecule has 0 radical (unpaired) electrons. The Morgan fingerprint density at radius 1 is 1.17 bits per heavy atom. The number of hydrogen-bond donors (Lipinski definition) is 0. The third-order valence-electron chi connectivity index (χ3n) is 2.27. The Balaban J connectivity index is 2.22. The van der Waals surface area contributed by atoms with Crippen LogP contribution in [0.15, 0.2) is 53.0 Å². The quantitative estimate of drug-likeness (QED) is 0.630. The molecule has 0 aliphatic carbocycles. The monoisotopic (exact) mass is 301 g/mol. The van der Waals surface area contributed by atoms with Gasteiger partial charge in [0.05, 0.1) is 17.2 Å². The van der Waals surface area contributed by atoms with E-state index >= 15 is 0 Å². The second-order valence-electron chi connectivity index (χ2n) is 3.51. The normalized spacial score (nSPS) is 9.56. The zero-order chi connectivity index (χ0) is 13.0. The molecule has 18 heavy (non-hydrogen) atoms. The summed E-state index contributed by atoms with van der Waals surface area (Å²) in [5.41, 5.74) is 0.896. The number of carbonyl (C=O) groups is 1. The van der Waals surface area contributed by atoms with Crippen LogP contribution in [0.4, 0.5) is 0 Å². The van der Waals surface area contributed by atoms with Crippen molar-refractivity contribution in [3.63, 3.8) is 0 Å². The van der Waals surface area contributed by atoms with E-state index in [1.54, 1.807) is 36.4 Å². The van der Waals surface area contributed by atoms with E-state index in [0.717, 1.165) is 0 Å². The molecule has 0 aromatic heterocycles. The predicted molar refractivity (Wildman–Crippen MR) is 70.3 cm³/mol. The molecule has 88 valence electrons. The molecule has 0 amide bonds. The van der Waals surface area contributed by atoms with Crippen LogP contribution in [-0.4, -0.2) is 5.97 Å². The summed E-state index contributed by atoms with van der Waals surface area (Å²) in [7, 11) is 0. The van der Waals surface area contributed by atoms with E-state index in [1.807, 2.05) is 12.1 Å². The zero-order valence-corrected chi connectivity index (χ0v) is 10.8. The highest BCUT2D eigenvalue weighted by Gasteiger charge is 2.11. The van der Waals surface area contributed by atoms with Gasteiger partial charge in [0.1, 0.15) is 5.75 Å². The fraction of sp³-hybridized carbons (Fsp3) is 0. The molecule has 4 heteroatoms. The number of nitrogens with zero attached hydrogens (tertiary/aromatic N) is 1. The summed E-state index contributed by atoms with van der Waals surface area (Å²) in [5.74, 6) is -0.104. The van der Waals surface area contributed by atoms with Gasteiger partial charge in [-0.25, -0.2) is 4.79 Å². The highest BCUT2D eigenvalue weighted by molar-refractivity contribution is 9.10. The Morgan fingerprint density at radius 2 is 1.94 bits per heavy atom. The minimum absolute atomic E-state index is 0.356. The lowest BCUT2D eigenvalue weighted by molar-refractivity contribution is 0.0734. The first-order valence-corrected chi connectivity index (χ1v) is 5.97. The minimum atomic E-state index is -0.461. The summed E-state index contributed by atoms with van der Waals surface area (Å²) in [6.07, 6.45) is 0. The largest absolute Gasteiger partial charge is 0.423 e. The van der Waals surface area contributed by atoms with Crippen LogP contribution in [-0.2, 0) is 0 Å². The van der Waals surface area contributed by atoms with Crippen LogP contribution in [0.1, 0.15) is 15.9 Å². The molecule has 0 saturated carbocycles. The average Bonchev–Trinajstić information content (AvgIpc) is 2.39. The first-order valence-electron chi connectivity index (χ1n) is 5.17. The van der Waals surface area contributed by atoms with Crippen molar-refractivity contribution in [3.8, 4) is 11.8 Å². The van der Waals surface area contributed by atoms with Gasteiger partial charge < -0.3 is 4.74 Å². The van der Waals surface area contributed by atoms with Crippen molar-refractivity contribution in [3.05, 3.63) is 64.1 Å². The Bertz CT molecular complexity index is 632. The first kappa shape index (κ1) is 12.3. The Labute approximate surface area is 113 Å². The van der Waals surface area contributed by atoms with Crippen molar-refractivity contribution in [2.24, 2.45) is 0 Å². The highest BCUT2D eigenvalue weighted by atomic mass is 79.9. The van der Waals surface area contributed by atoms with E-state index in [2.05, 4.69) is 15.9 Å². The van der Waals surface area contributed by atoms with E-state index in [-0.39, 0.29) is 0 Å². The summed E-state index contributed by atoms with van der Waals surface area (Å²) >= 11 is 3.29. The molecule has 0 aliphatic heterocycles. The molecule has 0 saturated heterocycles. The van der Waals surface area contributed by atoms with Crippen molar-refractivity contribution in [1.82, 2.24) is 0 Å². The van der Waals surface area contributed by atoms with E-state index in [9.17, 15) is 4.79 Å². The topological polar surface area (TPSA) is 50.1 Å². The summed E-state index contributed by atoms with van der Waals surface area (Å²) in [5, 5.41) is 8.76. The summed E-state index contributed by atoms with van der Waals surface area (Å²) in [4.78, 5) is 11.9. The van der Waals surface area contributed by atoms with Gasteiger partial charge in [0.25, 0.3) is 0 Å². The minimum Gasteiger partial charge on any atom is -0.423 e. The molecular formula is C14H8BrNO2. The van der Waals surface area contributed by atoms with Crippen LogP contribution in [0.2, 0.25) is 0 Å². The van der Waals surface area contributed by atoms with E-state index in [0.29, 0.717) is 21.3 Å². The van der Waals surface area contributed by atoms with E-state index < -0.39 is 5.97 Å². The third kappa shape index (κ3) is 2.76. The number of carbonyl (C=O) groups excluding carboxylic acids is 1. The maximum atomic E-state index is 11.9. The number of rotatable bonds is 2. The van der Waals surface area contributed by atoms with Gasteiger partial charge in [0.15, 0.2) is 0 Å². The number of hydrogen-bond acceptors (Lipinski definition) is 3. The molecule has 0 heterocycles. The highest BCUT2D eigenvalue weighted by Crippen LogP contribution is 2.19. The molecule has 0 atom stereocenters. The van der Waals surface area contributed by atoms with Crippen LogP contribution >= 0.6 is 15.9 Å². The average molecular weight is 302 g/mol. The van der Waals surface area contributed by atoms with Gasteiger partial charge in [-0.05, 0) is 46.3 Å². The van der Waals surface area contributed by atoms with Gasteiger partial charge in [0.2, 0.25) is 0 Å². The van der Waals surface area contributed by atoms with Gasteiger partial charge in [-0.3, -0.25) is 0 Å². The molecule has 0 unspecified atom stereocenters. The maximum Gasteiger partial charge on any atom is 0.344 e. The van der Waals surface area contributed by atoms with Crippen LogP contribution in [0.5, 0.6) is 5.75 Å². The maximum absolute atomic E-state index is 11.9. The third-order valence-corrected chi connectivity index (χ3v) is 2.96. The predicted octanol–water partition coefficient (Wildman–Crippen LogP) is 3.54. The van der Waals surface area contributed by atoms with Gasteiger partial charge in [-0.2, -0.15) is 5.26 Å². The van der Waals surface area contributed by atoms with Crippen molar-refractivity contribution in [2.45, 2.75) is 0 Å². The van der Waals surface area contributed by atoms with Crippen molar-refractivity contribution < 1.29 is 9.53 Å². The second-order valence-corrected chi connectivity index (χ2v) is 4.36. The number of esters is 1. The summed E-state index contributed by atoms with van der Waals surface area (Å²) in [6.45, 7) is 0. The van der Waals surface area contributed by atoms with Crippen LogP contribution in [0.3, 0.4) is 0 Å². The lowest BCUT2D eigenvalue weighted by Crippen LogP contribution is -2.09. The molecule has 0 fully saturated rings. The van der Waals surface area contributed by atoms with Gasteiger partial charge >= 0.3 is 5.97 Å². The fourth-order valence-corrected chi connectivity index (χ4v) is 1.86. The molecule has 2 aromatic rings. The number of halogens is 1. The molecular weight excluding hydrogens is 294 g/mol. The van der Waals surface area contributed by atoms with Gasteiger partial charge in [-0.15, -0.1) is 0 Å². The van der Waals surface area contributed by atoms with E-state index in [4.69, 9.17) is 10.00 Å². The van der Waals surface area contributed by atoms with Crippen LogP contribution < -0.4 is 4.74 Å². The number of benzene rings is 2. The number of nitriles is 1. The smallest absolute Gasteiger partial charge is 0.344 e. The lowest BCUT2D eigenvalue weighted by atomic mass is 10.2. The Morgan fingerprint density at radius 3 is 2.67 bits per heavy atom. The van der Waals surface area contributed by atoms with Gasteiger partial charge in [0, 0.05) is 4.47 Å². The standard InChI is InChI=1S/C14H8BrNO2/c15-13-7-2-1-6-12(13)14(17)18-11-5-3-4-10(8-11)9-16/h1-8H. The summed E-state index contributed by atoms with van der Waals surface area (Å²) in [6, 6.07) is 15.5. The van der Waals surface area contributed by atoms with E-state index in [1.165, 1.54) is 6.07 Å². The first-order chi connectivity index (χ1) is 8.70. The molecule has 2 aromatic carbocycles. The molecule has 2 rings (SSSR count). The SMILES string of the molecule is N#Cc1cccc(OC(=O)c2ccccc2Br)c1. The Hall–Kier alpha value is -2.12. The van der Waals surface area contributed by atoms with Crippen molar-refractivity contribution in [2.75, 3.05) is 0 Å². The summed E-state index contributed by atoms with van der Waals surface area (Å²) < 4.78 is 5.88. The van der Waals surface area contributed by atoms with Crippen LogP contribution in [0.25, 0.3) is 0 Å². The molecule has 0 aliphatic rings. The Kier molecular flexibility index (Phi) is 3.75. The fourth-order valence-electron chi connectivity index (χ4n) is 1.42.